The zero-order valence-electron chi connectivity index (χ0n) is 10.7. The van der Waals surface area contributed by atoms with Crippen LogP contribution in [0.1, 0.15) is 24.8 Å². The van der Waals surface area contributed by atoms with E-state index in [1.807, 2.05) is 6.07 Å². The van der Waals surface area contributed by atoms with Crippen LogP contribution in [0, 0.1) is 17.2 Å². The van der Waals surface area contributed by atoms with Crippen LogP contribution in [-0.4, -0.2) is 26.2 Å². The molecule has 2 N–H and O–H groups in total. The van der Waals surface area contributed by atoms with Crippen molar-refractivity contribution in [2.24, 2.45) is 5.92 Å². The lowest BCUT2D eigenvalue weighted by atomic mass is 10.1. The van der Waals surface area contributed by atoms with E-state index in [-0.39, 0.29) is 22.4 Å². The van der Waals surface area contributed by atoms with Crippen LogP contribution in [0.4, 0.5) is 0 Å². The Morgan fingerprint density at radius 3 is 2.75 bits per heavy atom. The Hall–Kier alpha value is -1.13. The molecule has 7 heteroatoms. The molecule has 108 valence electrons. The molecule has 0 spiro atoms. The summed E-state index contributed by atoms with van der Waals surface area (Å²) in [6, 6.07) is 5.94. The lowest BCUT2D eigenvalue weighted by Gasteiger charge is -2.15. The molecule has 0 amide bonds. The largest absolute Gasteiger partial charge is 0.393 e. The molecule has 0 saturated heterocycles. The van der Waals surface area contributed by atoms with Crippen LogP contribution in [0.25, 0.3) is 0 Å². The van der Waals surface area contributed by atoms with E-state index in [0.717, 1.165) is 12.8 Å². The molecule has 1 fully saturated rings. The van der Waals surface area contributed by atoms with Gasteiger partial charge in [-0.1, -0.05) is 18.0 Å². The summed E-state index contributed by atoms with van der Waals surface area (Å²) in [5.74, 6) is -0.0538. The second kappa shape index (κ2) is 6.10. The van der Waals surface area contributed by atoms with Gasteiger partial charge in [0.2, 0.25) is 10.0 Å². The van der Waals surface area contributed by atoms with Crippen LogP contribution in [0.3, 0.4) is 0 Å². The second-order valence-corrected chi connectivity index (χ2v) is 7.01. The number of rotatable bonds is 4. The van der Waals surface area contributed by atoms with Crippen molar-refractivity contribution in [1.82, 2.24) is 4.72 Å². The van der Waals surface area contributed by atoms with E-state index in [9.17, 15) is 13.5 Å². The van der Waals surface area contributed by atoms with E-state index in [1.54, 1.807) is 0 Å². The smallest absolute Gasteiger partial charge is 0.242 e. The zero-order chi connectivity index (χ0) is 14.8. The number of aliphatic hydroxyl groups is 1. The van der Waals surface area contributed by atoms with E-state index in [2.05, 4.69) is 4.72 Å². The number of nitrogens with one attached hydrogen (secondary N) is 1. The maximum absolute atomic E-state index is 12.2. The molecule has 1 saturated carbocycles. The van der Waals surface area contributed by atoms with Gasteiger partial charge in [-0.3, -0.25) is 0 Å². The quantitative estimate of drug-likeness (QED) is 0.884. The molecule has 20 heavy (non-hydrogen) atoms. The first-order valence-electron chi connectivity index (χ1n) is 6.31. The van der Waals surface area contributed by atoms with Crippen LogP contribution in [-0.2, 0) is 10.0 Å². The highest BCUT2D eigenvalue weighted by molar-refractivity contribution is 7.89. The molecule has 0 radical (unpaired) electrons. The molecule has 0 aromatic heterocycles. The molecule has 5 nitrogen and oxygen atoms in total. The van der Waals surface area contributed by atoms with E-state index in [4.69, 9.17) is 16.9 Å². The molecule has 1 aromatic rings. The fourth-order valence-corrected chi connectivity index (χ4v) is 3.98. The van der Waals surface area contributed by atoms with E-state index >= 15 is 0 Å². The van der Waals surface area contributed by atoms with Gasteiger partial charge in [0, 0.05) is 6.54 Å². The topological polar surface area (TPSA) is 90.2 Å². The second-order valence-electron chi connectivity index (χ2n) is 4.87. The number of hydrogen-bond acceptors (Lipinski definition) is 4. The van der Waals surface area contributed by atoms with E-state index in [1.165, 1.54) is 18.2 Å². The van der Waals surface area contributed by atoms with Gasteiger partial charge in [-0.05, 0) is 37.0 Å². The number of sulfonamides is 1. The summed E-state index contributed by atoms with van der Waals surface area (Å²) in [7, 11) is -3.73. The third kappa shape index (κ3) is 3.30. The van der Waals surface area contributed by atoms with Crippen molar-refractivity contribution in [3.63, 3.8) is 0 Å². The first-order chi connectivity index (χ1) is 9.44. The van der Waals surface area contributed by atoms with Crippen molar-refractivity contribution < 1.29 is 13.5 Å². The molecule has 1 aliphatic carbocycles. The first-order valence-corrected chi connectivity index (χ1v) is 8.17. The van der Waals surface area contributed by atoms with Gasteiger partial charge in [0.05, 0.1) is 22.8 Å². The minimum absolute atomic E-state index is 0.0171. The fraction of sp³-hybridized carbons (Fsp3) is 0.462. The number of hydrogen-bond donors (Lipinski definition) is 2. The Bertz CT molecular complexity index is 640. The molecule has 0 aliphatic heterocycles. The summed E-state index contributed by atoms with van der Waals surface area (Å²) >= 11 is 5.90. The van der Waals surface area contributed by atoms with Gasteiger partial charge >= 0.3 is 0 Å². The first kappa shape index (κ1) is 15.3. The van der Waals surface area contributed by atoms with Crippen LogP contribution in [0.5, 0.6) is 0 Å². The molecule has 2 atom stereocenters. The maximum Gasteiger partial charge on any atom is 0.242 e. The van der Waals surface area contributed by atoms with Crippen LogP contribution < -0.4 is 4.72 Å². The van der Waals surface area contributed by atoms with Gasteiger partial charge in [0.15, 0.2) is 0 Å². The maximum atomic E-state index is 12.2. The monoisotopic (exact) mass is 314 g/mol. The highest BCUT2D eigenvalue weighted by Gasteiger charge is 2.27. The highest BCUT2D eigenvalue weighted by Crippen LogP contribution is 2.26. The van der Waals surface area contributed by atoms with E-state index < -0.39 is 16.1 Å². The molecular formula is C13H15ClN2O3S. The summed E-state index contributed by atoms with van der Waals surface area (Å²) < 4.78 is 26.8. The van der Waals surface area contributed by atoms with Crippen molar-refractivity contribution in [1.29, 1.82) is 5.26 Å². The average Bonchev–Trinajstić information content (AvgIpc) is 2.81. The average molecular weight is 315 g/mol. The van der Waals surface area contributed by atoms with Crippen molar-refractivity contribution >= 4 is 21.6 Å². The summed E-state index contributed by atoms with van der Waals surface area (Å²) in [4.78, 5) is -0.0503. The number of nitriles is 1. The van der Waals surface area contributed by atoms with Crippen LogP contribution in [0.2, 0.25) is 5.02 Å². The molecule has 2 rings (SSSR count). The minimum atomic E-state index is -3.73. The van der Waals surface area contributed by atoms with Gasteiger partial charge in [-0.2, -0.15) is 5.26 Å². The summed E-state index contributed by atoms with van der Waals surface area (Å²) in [6.07, 6.45) is 1.98. The lowest BCUT2D eigenvalue weighted by molar-refractivity contribution is 0.134. The molecular weight excluding hydrogens is 300 g/mol. The summed E-state index contributed by atoms with van der Waals surface area (Å²) in [5, 5.41) is 18.4. The predicted molar refractivity (Wildman–Crippen MR) is 74.7 cm³/mol. The lowest BCUT2D eigenvalue weighted by Crippen LogP contribution is -2.32. The fourth-order valence-electron chi connectivity index (χ4n) is 2.34. The highest BCUT2D eigenvalue weighted by atomic mass is 35.5. The van der Waals surface area contributed by atoms with Crippen LogP contribution >= 0.6 is 11.6 Å². The minimum Gasteiger partial charge on any atom is -0.393 e. The van der Waals surface area contributed by atoms with Gasteiger partial charge < -0.3 is 5.11 Å². The standard InChI is InChI=1S/C13H15ClN2O3S/c14-11-6-9(7-15)4-5-13(11)20(18,19)16-8-10-2-1-3-12(10)17/h4-6,10,12,16-17H,1-3,8H2. The SMILES string of the molecule is N#Cc1ccc(S(=O)(=O)NCC2CCCC2O)c(Cl)c1. The van der Waals surface area contributed by atoms with E-state index in [0.29, 0.717) is 12.0 Å². The molecule has 1 aromatic carbocycles. The van der Waals surface area contributed by atoms with Crippen LogP contribution in [0.15, 0.2) is 23.1 Å². The molecule has 0 heterocycles. The molecule has 0 bridgehead atoms. The Morgan fingerprint density at radius 2 is 2.20 bits per heavy atom. The number of nitrogens with zero attached hydrogens (tertiary/aromatic N) is 1. The third-order valence-electron chi connectivity index (χ3n) is 3.50. The summed E-state index contributed by atoms with van der Waals surface area (Å²) in [6.45, 7) is 0.194. The van der Waals surface area contributed by atoms with Crippen molar-refractivity contribution in [2.45, 2.75) is 30.3 Å². The van der Waals surface area contributed by atoms with Gasteiger partial charge in [-0.25, -0.2) is 13.1 Å². The van der Waals surface area contributed by atoms with Crippen molar-refractivity contribution in [3.8, 4) is 6.07 Å². The Morgan fingerprint density at radius 1 is 1.45 bits per heavy atom. The summed E-state index contributed by atoms with van der Waals surface area (Å²) in [5.41, 5.74) is 0.306. The zero-order valence-corrected chi connectivity index (χ0v) is 12.3. The Kier molecular flexibility index (Phi) is 4.66. The Labute approximate surface area is 123 Å². The Balaban J connectivity index is 2.12. The predicted octanol–water partition coefficient (Wildman–Crippen LogP) is 1.65. The molecule has 2 unspecified atom stereocenters. The van der Waals surface area contributed by atoms with Crippen molar-refractivity contribution in [3.05, 3.63) is 28.8 Å². The number of benzene rings is 1. The molecule has 1 aliphatic rings. The van der Waals surface area contributed by atoms with Gasteiger partial charge in [0.1, 0.15) is 4.90 Å². The number of aliphatic hydroxyl groups excluding tert-OH is 1. The third-order valence-corrected chi connectivity index (χ3v) is 5.41. The van der Waals surface area contributed by atoms with Gasteiger partial charge in [-0.15, -0.1) is 0 Å². The van der Waals surface area contributed by atoms with Gasteiger partial charge in [0.25, 0.3) is 0 Å². The normalized spacial score (nSPS) is 22.6. The van der Waals surface area contributed by atoms with Crippen molar-refractivity contribution in [2.75, 3.05) is 6.54 Å². The number of halogens is 1.